The number of halogens is 1. The van der Waals surface area contributed by atoms with Crippen LogP contribution in [0.3, 0.4) is 0 Å². The third kappa shape index (κ3) is 5.31. The first-order valence-electron chi connectivity index (χ1n) is 11.7. The fraction of sp³-hybridized carbons (Fsp3) is 0.333. The van der Waals surface area contributed by atoms with Crippen molar-refractivity contribution in [3.63, 3.8) is 0 Å². The molecule has 0 saturated carbocycles. The molecule has 32 heavy (non-hydrogen) atoms. The highest BCUT2D eigenvalue weighted by molar-refractivity contribution is 7.40. The predicted molar refractivity (Wildman–Crippen MR) is 159 cm³/mol. The van der Waals surface area contributed by atoms with Crippen LogP contribution in [0.15, 0.2) is 72.8 Å². The minimum absolute atomic E-state index is 1.28. The molecule has 0 heterocycles. The average molecular weight is 511 g/mol. The summed E-state index contributed by atoms with van der Waals surface area (Å²) in [6.07, 6.45) is 0. The van der Waals surface area contributed by atoms with Crippen LogP contribution in [0, 0.1) is 0 Å². The fourth-order valence-corrected chi connectivity index (χ4v) is 11.6. The maximum Gasteiger partial charge on any atom is 0.247 e. The number of rotatable bonds is 6. The van der Waals surface area contributed by atoms with Gasteiger partial charge in [-0.3, -0.25) is 0 Å². The van der Waals surface area contributed by atoms with E-state index in [4.69, 9.17) is 11.1 Å². The van der Waals surface area contributed by atoms with Crippen molar-refractivity contribution in [3.05, 3.63) is 72.8 Å². The molecule has 0 bridgehead atoms. The Morgan fingerprint density at radius 2 is 0.500 bits per heavy atom. The summed E-state index contributed by atoms with van der Waals surface area (Å²) < 4.78 is 0. The summed E-state index contributed by atoms with van der Waals surface area (Å²) in [6.45, 7) is 21.6. The molecule has 0 aliphatic carbocycles. The largest absolute Gasteiger partial charge is 0.247 e. The van der Waals surface area contributed by atoms with Gasteiger partial charge in [-0.2, -0.15) is 0 Å². The van der Waals surface area contributed by atoms with Crippen LogP contribution in [0.4, 0.5) is 0 Å². The lowest BCUT2D eigenvalue weighted by atomic mass is 10.3. The van der Waals surface area contributed by atoms with Crippen molar-refractivity contribution < 1.29 is 0 Å². The Morgan fingerprint density at radius 1 is 0.344 bits per heavy atom. The van der Waals surface area contributed by atoms with Crippen LogP contribution >= 0.6 is 11.1 Å². The molecule has 3 aromatic carbocycles. The van der Waals surface area contributed by atoms with Crippen molar-refractivity contribution >= 4 is 73.8 Å². The topological polar surface area (TPSA) is 0 Å². The molecule has 0 unspecified atom stereocenters. The van der Waals surface area contributed by atoms with Crippen LogP contribution in [-0.4, -0.2) is 31.6 Å². The van der Waals surface area contributed by atoms with E-state index in [0.29, 0.717) is 0 Å². The van der Waals surface area contributed by atoms with Crippen molar-refractivity contribution in [2.45, 2.75) is 58.9 Å². The lowest BCUT2D eigenvalue weighted by Crippen LogP contribution is -2.63. The highest BCUT2D eigenvalue weighted by Crippen LogP contribution is 2.14. The van der Waals surface area contributed by atoms with Gasteiger partial charge in [-0.05, 0) is 15.6 Å². The maximum atomic E-state index is 7.79. The molecule has 3 aromatic rings. The summed E-state index contributed by atoms with van der Waals surface area (Å²) in [5.41, 5.74) is 0. The normalized spacial score (nSPS) is 13.3. The number of hydrogen-bond donors (Lipinski definition) is 0. The zero-order chi connectivity index (χ0) is 23.9. The van der Waals surface area contributed by atoms with Crippen LogP contribution in [0.1, 0.15) is 0 Å². The van der Waals surface area contributed by atoms with Gasteiger partial charge >= 0.3 is 0 Å². The van der Waals surface area contributed by atoms with E-state index in [-0.39, 0.29) is 0 Å². The van der Waals surface area contributed by atoms with E-state index in [9.17, 15) is 0 Å². The van der Waals surface area contributed by atoms with Gasteiger partial charge in [0.2, 0.25) is 7.38 Å². The summed E-state index contributed by atoms with van der Waals surface area (Å²) >= 11 is 7.79. The molecule has 3 rings (SSSR count). The molecule has 0 nitrogen and oxygen atoms in total. The van der Waals surface area contributed by atoms with E-state index in [1.807, 2.05) is 0 Å². The van der Waals surface area contributed by atoms with Gasteiger partial charge < -0.3 is 0 Å². The first kappa shape index (κ1) is 25.4. The van der Waals surface area contributed by atoms with Crippen LogP contribution in [-0.2, 0) is 0 Å². The van der Waals surface area contributed by atoms with E-state index in [1.54, 1.807) is 0 Å². The molecule has 0 atom stereocenters. The van der Waals surface area contributed by atoms with E-state index >= 15 is 0 Å². The third-order valence-corrected chi connectivity index (χ3v) is 18.0. The smallest absolute Gasteiger partial charge is 0.149 e. The lowest BCUT2D eigenvalue weighted by molar-refractivity contribution is 1.67. The SMILES string of the molecule is C[Si](C)(C)c1ccc([Si](Cl)(c2ccc([Si](C)(C)C)cc2)c2ccc([Si](C)(C)C)cc2)cc1. The summed E-state index contributed by atoms with van der Waals surface area (Å²) in [7, 11) is -6.65. The fourth-order valence-electron chi connectivity index (χ4n) is 4.10. The molecular formula is C27H39ClSi4. The first-order valence-corrected chi connectivity index (χ1v) is 25.2. The lowest BCUT2D eigenvalue weighted by Gasteiger charge is -2.29. The Labute approximate surface area is 204 Å². The second-order valence-electron chi connectivity index (χ2n) is 12.1. The second kappa shape index (κ2) is 8.88. The molecule has 5 heteroatoms. The molecule has 170 valence electrons. The molecule has 0 fully saturated rings. The van der Waals surface area contributed by atoms with E-state index in [1.165, 1.54) is 31.1 Å². The molecule has 0 spiro atoms. The predicted octanol–water partition coefficient (Wildman–Crippen LogP) is 4.53. The monoisotopic (exact) mass is 510 g/mol. The molecule has 0 saturated heterocycles. The minimum Gasteiger partial charge on any atom is -0.149 e. The van der Waals surface area contributed by atoms with Crippen molar-refractivity contribution in [2.24, 2.45) is 0 Å². The van der Waals surface area contributed by atoms with E-state index in [0.717, 1.165) is 0 Å². The van der Waals surface area contributed by atoms with Gasteiger partial charge in [0, 0.05) is 0 Å². The highest BCUT2D eigenvalue weighted by atomic mass is 35.6. The highest BCUT2D eigenvalue weighted by Gasteiger charge is 2.38. The Hall–Kier alpha value is -1.18. The van der Waals surface area contributed by atoms with Gasteiger partial charge in [0.15, 0.2) is 0 Å². The summed E-state index contributed by atoms with van der Waals surface area (Å²) in [4.78, 5) is 0. The second-order valence-corrected chi connectivity index (χ2v) is 32.1. The van der Waals surface area contributed by atoms with E-state index in [2.05, 4.69) is 132 Å². The van der Waals surface area contributed by atoms with Gasteiger partial charge in [-0.1, -0.05) is 147 Å². The third-order valence-electron chi connectivity index (χ3n) is 6.45. The average Bonchev–Trinajstić information content (AvgIpc) is 2.71. The number of hydrogen-bond acceptors (Lipinski definition) is 0. The van der Waals surface area contributed by atoms with Crippen LogP contribution in [0.2, 0.25) is 58.9 Å². The molecule has 0 amide bonds. The Bertz CT molecular complexity index is 910. The Kier molecular flexibility index (Phi) is 7.06. The number of benzene rings is 3. The van der Waals surface area contributed by atoms with Gasteiger partial charge in [0.1, 0.15) is 0 Å². The quantitative estimate of drug-likeness (QED) is 0.259. The standard InChI is InChI=1S/C27H39ClSi4/c1-29(2,3)22-10-16-25(17-11-22)32(28,26-18-12-23(13-19-26)30(4,5)6)27-20-14-24(15-21-27)31(7,8)9/h10-21H,1-9H3. The molecular weight excluding hydrogens is 472 g/mol. The zero-order valence-electron chi connectivity index (χ0n) is 21.3. The molecule has 0 aromatic heterocycles. The van der Waals surface area contributed by atoms with Crippen LogP contribution in [0.25, 0.3) is 0 Å². The molecule has 0 aliphatic rings. The minimum atomic E-state index is -2.61. The van der Waals surface area contributed by atoms with Crippen LogP contribution < -0.4 is 31.1 Å². The Balaban J connectivity index is 2.17. The van der Waals surface area contributed by atoms with Crippen molar-refractivity contribution in [3.8, 4) is 0 Å². The van der Waals surface area contributed by atoms with Crippen molar-refractivity contribution in [1.82, 2.24) is 0 Å². The zero-order valence-corrected chi connectivity index (χ0v) is 26.1. The summed E-state index contributed by atoms with van der Waals surface area (Å²) in [6, 6.07) is 27.9. The van der Waals surface area contributed by atoms with Crippen molar-refractivity contribution in [1.29, 1.82) is 0 Å². The maximum absolute atomic E-state index is 7.79. The van der Waals surface area contributed by atoms with Gasteiger partial charge in [0.05, 0.1) is 24.2 Å². The van der Waals surface area contributed by atoms with E-state index < -0.39 is 31.6 Å². The van der Waals surface area contributed by atoms with Gasteiger partial charge in [0.25, 0.3) is 0 Å². The summed E-state index contributed by atoms with van der Waals surface area (Å²) in [5, 5.41) is 8.29. The first-order chi connectivity index (χ1) is 14.6. The molecule has 0 radical (unpaired) electrons. The molecule has 0 N–H and O–H groups in total. The van der Waals surface area contributed by atoms with Gasteiger partial charge in [-0.25, -0.2) is 0 Å². The Morgan fingerprint density at radius 3 is 0.656 bits per heavy atom. The molecule has 0 aliphatic heterocycles. The van der Waals surface area contributed by atoms with Crippen LogP contribution in [0.5, 0.6) is 0 Å². The van der Waals surface area contributed by atoms with Crippen molar-refractivity contribution in [2.75, 3.05) is 0 Å². The summed E-state index contributed by atoms with van der Waals surface area (Å²) in [5.74, 6) is 0. The van der Waals surface area contributed by atoms with Gasteiger partial charge in [-0.15, -0.1) is 11.1 Å².